The smallest absolute Gasteiger partial charge is 0.357 e. The Balaban J connectivity index is 1.60. The number of hydrogen-bond acceptors (Lipinski definition) is 3. The Kier molecular flexibility index (Phi) is 3.87. The zero-order valence-electron chi connectivity index (χ0n) is 13.3. The van der Waals surface area contributed by atoms with E-state index in [4.69, 9.17) is 4.74 Å². The molecule has 4 nitrogen and oxygen atoms in total. The van der Waals surface area contributed by atoms with Crippen LogP contribution in [0.3, 0.4) is 0 Å². The van der Waals surface area contributed by atoms with E-state index in [0.29, 0.717) is 11.6 Å². The number of esters is 1. The van der Waals surface area contributed by atoms with Gasteiger partial charge in [0.2, 0.25) is 0 Å². The number of benzene rings is 2. The highest BCUT2D eigenvalue weighted by Gasteiger charge is 2.29. The molecule has 3 aromatic rings. The molecule has 1 aliphatic carbocycles. The summed E-state index contributed by atoms with van der Waals surface area (Å²) in [7, 11) is 0. The molecule has 1 fully saturated rings. The number of rotatable bonds is 5. The molecule has 1 aromatic heterocycles. The van der Waals surface area contributed by atoms with Crippen molar-refractivity contribution < 1.29 is 9.53 Å². The van der Waals surface area contributed by atoms with Gasteiger partial charge in [-0.25, -0.2) is 9.48 Å². The maximum Gasteiger partial charge on any atom is 0.357 e. The number of ether oxygens (including phenoxy) is 1. The minimum Gasteiger partial charge on any atom is -0.456 e. The Morgan fingerprint density at radius 1 is 1.04 bits per heavy atom. The molecule has 1 saturated carbocycles. The molecule has 4 heteroatoms. The van der Waals surface area contributed by atoms with Crippen molar-refractivity contribution in [2.75, 3.05) is 0 Å². The second-order valence-electron chi connectivity index (χ2n) is 6.04. The topological polar surface area (TPSA) is 44.1 Å². The lowest BCUT2D eigenvalue weighted by Crippen LogP contribution is -2.12. The van der Waals surface area contributed by atoms with E-state index in [1.807, 2.05) is 66.7 Å². The van der Waals surface area contributed by atoms with Crippen molar-refractivity contribution in [1.29, 1.82) is 0 Å². The van der Waals surface area contributed by atoms with Crippen LogP contribution in [0.2, 0.25) is 0 Å². The zero-order valence-corrected chi connectivity index (χ0v) is 13.3. The van der Waals surface area contributed by atoms with Crippen molar-refractivity contribution in [3.8, 4) is 5.69 Å². The standard InChI is InChI=1S/C20H18N2O2/c23-20(24-14-15-7-3-1-4-8-15)19-13-18(16-11-12-16)21-22(19)17-9-5-2-6-10-17/h1-10,13,16H,11-12,14H2. The predicted octanol–water partition coefficient (Wildman–Crippen LogP) is 4.11. The lowest BCUT2D eigenvalue weighted by atomic mass is 10.2. The van der Waals surface area contributed by atoms with E-state index in [1.165, 1.54) is 0 Å². The Morgan fingerprint density at radius 3 is 2.38 bits per heavy atom. The van der Waals surface area contributed by atoms with Crippen LogP contribution in [-0.4, -0.2) is 15.7 Å². The molecular weight excluding hydrogens is 300 g/mol. The van der Waals surface area contributed by atoms with E-state index >= 15 is 0 Å². The Morgan fingerprint density at radius 2 is 1.71 bits per heavy atom. The quantitative estimate of drug-likeness (QED) is 0.665. The molecule has 0 spiro atoms. The van der Waals surface area contributed by atoms with Crippen LogP contribution in [0.25, 0.3) is 5.69 Å². The number of aromatic nitrogens is 2. The highest BCUT2D eigenvalue weighted by molar-refractivity contribution is 5.88. The summed E-state index contributed by atoms with van der Waals surface area (Å²) >= 11 is 0. The van der Waals surface area contributed by atoms with Crippen LogP contribution < -0.4 is 0 Å². The van der Waals surface area contributed by atoms with Crippen LogP contribution in [-0.2, 0) is 11.3 Å². The number of carbonyl (C=O) groups is 1. The summed E-state index contributed by atoms with van der Waals surface area (Å²) in [5.74, 6) is 0.137. The summed E-state index contributed by atoms with van der Waals surface area (Å²) in [5.41, 5.74) is 3.31. The van der Waals surface area contributed by atoms with Crippen molar-refractivity contribution in [2.45, 2.75) is 25.4 Å². The number of carbonyl (C=O) groups excluding carboxylic acids is 1. The van der Waals surface area contributed by atoms with Crippen LogP contribution in [0.15, 0.2) is 66.7 Å². The third kappa shape index (κ3) is 3.08. The first-order chi connectivity index (χ1) is 11.8. The third-order valence-electron chi connectivity index (χ3n) is 4.15. The van der Waals surface area contributed by atoms with Gasteiger partial charge < -0.3 is 4.74 Å². The first kappa shape index (κ1) is 14.7. The molecule has 0 amide bonds. The maximum atomic E-state index is 12.6. The van der Waals surface area contributed by atoms with Gasteiger partial charge in [0.05, 0.1) is 11.4 Å². The van der Waals surface area contributed by atoms with Crippen LogP contribution in [0.5, 0.6) is 0 Å². The summed E-state index contributed by atoms with van der Waals surface area (Å²) in [6.07, 6.45) is 2.29. The van der Waals surface area contributed by atoms with Gasteiger partial charge in [-0.3, -0.25) is 0 Å². The number of nitrogens with zero attached hydrogens (tertiary/aromatic N) is 2. The minimum absolute atomic E-state index is 0.262. The fourth-order valence-corrected chi connectivity index (χ4v) is 2.69. The van der Waals surface area contributed by atoms with Crippen LogP contribution in [0.1, 0.15) is 40.5 Å². The monoisotopic (exact) mass is 318 g/mol. The Bertz CT molecular complexity index is 837. The van der Waals surface area contributed by atoms with E-state index in [1.54, 1.807) is 4.68 Å². The zero-order chi connectivity index (χ0) is 16.4. The summed E-state index contributed by atoms with van der Waals surface area (Å²) in [5, 5.41) is 4.63. The summed E-state index contributed by atoms with van der Waals surface area (Å²) in [6, 6.07) is 21.3. The largest absolute Gasteiger partial charge is 0.456 e. The van der Waals surface area contributed by atoms with Crippen molar-refractivity contribution in [3.05, 3.63) is 83.7 Å². The lowest BCUT2D eigenvalue weighted by molar-refractivity contribution is 0.0462. The van der Waals surface area contributed by atoms with Gasteiger partial charge in [-0.2, -0.15) is 5.10 Å². The molecule has 120 valence electrons. The van der Waals surface area contributed by atoms with Crippen molar-refractivity contribution >= 4 is 5.97 Å². The van der Waals surface area contributed by atoms with Crippen molar-refractivity contribution in [2.24, 2.45) is 0 Å². The molecule has 0 bridgehead atoms. The van der Waals surface area contributed by atoms with Crippen molar-refractivity contribution in [3.63, 3.8) is 0 Å². The van der Waals surface area contributed by atoms with Gasteiger partial charge in [0, 0.05) is 5.92 Å². The maximum absolute atomic E-state index is 12.6. The molecule has 0 unspecified atom stereocenters. The number of hydrogen-bond donors (Lipinski definition) is 0. The fraction of sp³-hybridized carbons (Fsp3) is 0.200. The molecule has 0 aliphatic heterocycles. The minimum atomic E-state index is -0.345. The highest BCUT2D eigenvalue weighted by Crippen LogP contribution is 2.39. The van der Waals surface area contributed by atoms with Crippen molar-refractivity contribution in [1.82, 2.24) is 9.78 Å². The normalized spacial score (nSPS) is 13.7. The van der Waals surface area contributed by atoms with Gasteiger partial charge in [-0.15, -0.1) is 0 Å². The van der Waals surface area contributed by atoms with Crippen LogP contribution >= 0.6 is 0 Å². The Labute approximate surface area is 140 Å². The summed E-state index contributed by atoms with van der Waals surface area (Å²) in [6.45, 7) is 0.262. The number of para-hydroxylation sites is 1. The second-order valence-corrected chi connectivity index (χ2v) is 6.04. The molecule has 0 atom stereocenters. The van der Waals surface area contributed by atoms with E-state index in [0.717, 1.165) is 29.8 Å². The van der Waals surface area contributed by atoms with E-state index in [-0.39, 0.29) is 12.6 Å². The van der Waals surface area contributed by atoms with E-state index < -0.39 is 0 Å². The summed E-state index contributed by atoms with van der Waals surface area (Å²) < 4.78 is 7.19. The summed E-state index contributed by atoms with van der Waals surface area (Å²) in [4.78, 5) is 12.6. The highest BCUT2D eigenvalue weighted by atomic mass is 16.5. The Hall–Kier alpha value is -2.88. The average Bonchev–Trinajstić information content (AvgIpc) is 3.40. The van der Waals surface area contributed by atoms with Gasteiger partial charge in [-0.05, 0) is 36.6 Å². The van der Waals surface area contributed by atoms with Crippen LogP contribution in [0.4, 0.5) is 0 Å². The molecule has 0 N–H and O–H groups in total. The lowest BCUT2D eigenvalue weighted by Gasteiger charge is -2.08. The van der Waals surface area contributed by atoms with Gasteiger partial charge in [0.25, 0.3) is 0 Å². The molecular formula is C20H18N2O2. The SMILES string of the molecule is O=C(OCc1ccccc1)c1cc(C2CC2)nn1-c1ccccc1. The van der Waals surface area contributed by atoms with Gasteiger partial charge in [0.15, 0.2) is 5.69 Å². The van der Waals surface area contributed by atoms with Crippen LogP contribution in [0, 0.1) is 0 Å². The second kappa shape index (κ2) is 6.32. The molecule has 4 rings (SSSR count). The van der Waals surface area contributed by atoms with E-state index in [9.17, 15) is 4.79 Å². The third-order valence-corrected chi connectivity index (χ3v) is 4.15. The van der Waals surface area contributed by atoms with Gasteiger partial charge in [-0.1, -0.05) is 48.5 Å². The molecule has 24 heavy (non-hydrogen) atoms. The molecule has 1 heterocycles. The first-order valence-electron chi connectivity index (χ1n) is 8.18. The van der Waals surface area contributed by atoms with Gasteiger partial charge in [0.1, 0.15) is 6.61 Å². The predicted molar refractivity (Wildman–Crippen MR) is 91.1 cm³/mol. The molecule has 2 aromatic carbocycles. The first-order valence-corrected chi connectivity index (χ1v) is 8.18. The molecule has 0 saturated heterocycles. The fourth-order valence-electron chi connectivity index (χ4n) is 2.69. The van der Waals surface area contributed by atoms with E-state index in [2.05, 4.69) is 5.10 Å². The molecule has 1 aliphatic rings. The average molecular weight is 318 g/mol. The van der Waals surface area contributed by atoms with Gasteiger partial charge >= 0.3 is 5.97 Å². The molecule has 0 radical (unpaired) electrons.